The van der Waals surface area contributed by atoms with Gasteiger partial charge in [-0.15, -0.1) is 0 Å². The van der Waals surface area contributed by atoms with Crippen molar-refractivity contribution >= 4 is 22.7 Å². The van der Waals surface area contributed by atoms with Crippen LogP contribution in [0.3, 0.4) is 0 Å². The first-order valence-electron chi connectivity index (χ1n) is 8.74. The molecule has 2 rings (SSSR count). The van der Waals surface area contributed by atoms with E-state index in [1.807, 2.05) is 6.92 Å². The molecule has 0 atom stereocenters. The molecule has 0 spiro atoms. The second-order valence-corrected chi connectivity index (χ2v) is 6.35. The van der Waals surface area contributed by atoms with E-state index in [-0.39, 0.29) is 63.9 Å². The SMILES string of the molecule is CC[C-](C)C(=O)Oc1ccc2cc(OCC(=O)OCC(F)(F)C(F)(F)F)ccc2c1.[Rb+]. The standard InChI is InChI=1S/C20H18F5O5.Rb/c1-3-12(2)18(27)30-16-7-5-13-8-15(6-4-14(13)9-16)28-10-17(26)29-11-19(21,22)20(23,24)25;/h4-9H,3,10-11H2,1-2H3;/q-1;+1. The van der Waals surface area contributed by atoms with Crippen molar-refractivity contribution in [2.45, 2.75) is 32.4 Å². The summed E-state index contributed by atoms with van der Waals surface area (Å²) in [5, 5.41) is 1.34. The van der Waals surface area contributed by atoms with E-state index in [0.717, 1.165) is 0 Å². The fourth-order valence-corrected chi connectivity index (χ4v) is 2.13. The first-order valence-corrected chi connectivity index (χ1v) is 8.74. The number of benzene rings is 2. The van der Waals surface area contributed by atoms with E-state index < -0.39 is 37.3 Å². The van der Waals surface area contributed by atoms with Crippen molar-refractivity contribution < 1.29 is 104 Å². The number of hydrogen-bond donors (Lipinski definition) is 0. The predicted molar refractivity (Wildman–Crippen MR) is 96.2 cm³/mol. The Balaban J connectivity index is 0.00000480. The van der Waals surface area contributed by atoms with Crippen LogP contribution in [0.2, 0.25) is 0 Å². The maximum atomic E-state index is 12.7. The molecular formula is C20H18F5O5Rb. The smallest absolute Gasteiger partial charge is 0.482 e. The van der Waals surface area contributed by atoms with Gasteiger partial charge in [-0.25, -0.2) is 4.79 Å². The molecule has 0 unspecified atom stereocenters. The molecule has 0 saturated carbocycles. The minimum absolute atomic E-state index is 0. The monoisotopic (exact) mass is 518 g/mol. The van der Waals surface area contributed by atoms with Crippen LogP contribution in [0.1, 0.15) is 20.3 Å². The third kappa shape index (κ3) is 8.00. The van der Waals surface area contributed by atoms with E-state index in [1.165, 1.54) is 12.1 Å². The van der Waals surface area contributed by atoms with E-state index in [9.17, 15) is 31.5 Å². The van der Waals surface area contributed by atoms with Crippen molar-refractivity contribution in [2.75, 3.05) is 13.2 Å². The second-order valence-electron chi connectivity index (χ2n) is 6.35. The van der Waals surface area contributed by atoms with E-state index in [0.29, 0.717) is 28.9 Å². The first kappa shape index (κ1) is 27.8. The molecular weight excluding hydrogens is 501 g/mol. The molecule has 0 aliphatic carbocycles. The summed E-state index contributed by atoms with van der Waals surface area (Å²) in [5.41, 5.74) is 0. The number of esters is 2. The van der Waals surface area contributed by atoms with Crippen molar-refractivity contribution in [3.8, 4) is 11.5 Å². The zero-order valence-corrected chi connectivity index (χ0v) is 21.9. The van der Waals surface area contributed by atoms with Crippen LogP contribution in [0.15, 0.2) is 36.4 Å². The molecule has 2 aromatic carbocycles. The van der Waals surface area contributed by atoms with E-state index in [2.05, 4.69) is 4.74 Å². The molecule has 0 aliphatic rings. The predicted octanol–water partition coefficient (Wildman–Crippen LogP) is 1.87. The molecule has 0 heterocycles. The Morgan fingerprint density at radius 1 is 0.968 bits per heavy atom. The van der Waals surface area contributed by atoms with E-state index >= 15 is 0 Å². The van der Waals surface area contributed by atoms with Crippen molar-refractivity contribution in [1.82, 2.24) is 0 Å². The van der Waals surface area contributed by atoms with Gasteiger partial charge in [-0.2, -0.15) is 35.3 Å². The Hall–Kier alpha value is -1.23. The summed E-state index contributed by atoms with van der Waals surface area (Å²) in [4.78, 5) is 23.2. The Morgan fingerprint density at radius 2 is 1.52 bits per heavy atom. The fourth-order valence-electron chi connectivity index (χ4n) is 2.13. The van der Waals surface area contributed by atoms with Crippen LogP contribution in [-0.2, 0) is 14.3 Å². The molecule has 11 heteroatoms. The fraction of sp³-hybridized carbons (Fsp3) is 0.350. The second kappa shape index (κ2) is 11.6. The summed E-state index contributed by atoms with van der Waals surface area (Å²) in [6, 6.07) is 9.38. The zero-order chi connectivity index (χ0) is 22.5. The number of rotatable bonds is 8. The molecule has 0 radical (unpaired) electrons. The summed E-state index contributed by atoms with van der Waals surface area (Å²) in [6.07, 6.45) is -5.25. The van der Waals surface area contributed by atoms with Gasteiger partial charge >= 0.3 is 76.3 Å². The van der Waals surface area contributed by atoms with Gasteiger partial charge in [0.15, 0.2) is 19.2 Å². The molecule has 0 aromatic heterocycles. The number of fused-ring (bicyclic) bond motifs is 1. The van der Waals surface area contributed by atoms with Crippen molar-refractivity contribution in [1.29, 1.82) is 0 Å². The van der Waals surface area contributed by atoms with Crippen LogP contribution >= 0.6 is 0 Å². The van der Waals surface area contributed by atoms with Gasteiger partial charge in [0.25, 0.3) is 0 Å². The van der Waals surface area contributed by atoms with Crippen LogP contribution in [0.5, 0.6) is 11.5 Å². The average Bonchev–Trinajstić information content (AvgIpc) is 2.69. The molecule has 0 saturated heterocycles. The van der Waals surface area contributed by atoms with Crippen LogP contribution in [0.25, 0.3) is 10.8 Å². The Kier molecular flexibility index (Phi) is 10.4. The number of hydrogen-bond acceptors (Lipinski definition) is 5. The van der Waals surface area contributed by atoms with Gasteiger partial charge in [0.05, 0.1) is 0 Å². The summed E-state index contributed by atoms with van der Waals surface area (Å²) in [6.45, 7) is 0.534. The maximum absolute atomic E-state index is 12.7. The van der Waals surface area contributed by atoms with Crippen molar-refractivity contribution in [3.63, 3.8) is 0 Å². The Labute approximate surface area is 224 Å². The van der Waals surface area contributed by atoms with Crippen LogP contribution < -0.4 is 67.7 Å². The molecule has 31 heavy (non-hydrogen) atoms. The number of ether oxygens (including phenoxy) is 3. The molecule has 0 N–H and O–H groups in total. The van der Waals surface area contributed by atoms with Gasteiger partial charge in [-0.1, -0.05) is 19.1 Å². The normalized spacial score (nSPS) is 11.5. The topological polar surface area (TPSA) is 61.8 Å². The van der Waals surface area contributed by atoms with Gasteiger partial charge < -0.3 is 14.2 Å². The minimum atomic E-state index is -5.81. The minimum Gasteiger partial charge on any atom is -0.482 e. The Bertz CT molecular complexity index is 916. The summed E-state index contributed by atoms with van der Waals surface area (Å²) in [7, 11) is 0. The van der Waals surface area contributed by atoms with Crippen LogP contribution in [0.4, 0.5) is 22.0 Å². The third-order valence-electron chi connectivity index (χ3n) is 4.06. The third-order valence-corrected chi connectivity index (χ3v) is 4.06. The van der Waals surface area contributed by atoms with Crippen LogP contribution in [-0.4, -0.2) is 37.3 Å². The van der Waals surface area contributed by atoms with Crippen molar-refractivity contribution in [3.05, 3.63) is 42.3 Å². The molecule has 0 bridgehead atoms. The molecule has 2 aromatic rings. The molecule has 0 amide bonds. The van der Waals surface area contributed by atoms with Gasteiger partial charge in [0.2, 0.25) is 0 Å². The zero-order valence-electron chi connectivity index (χ0n) is 17.0. The average molecular weight is 519 g/mol. The van der Waals surface area contributed by atoms with Crippen molar-refractivity contribution in [2.24, 2.45) is 0 Å². The maximum Gasteiger partial charge on any atom is 1.00 e. The van der Waals surface area contributed by atoms with Gasteiger partial charge in [-0.3, -0.25) is 10.7 Å². The number of carbonyl (C=O) groups is 2. The van der Waals surface area contributed by atoms with Gasteiger partial charge in [0, 0.05) is 0 Å². The number of carbonyl (C=O) groups excluding carboxylic acids is 2. The quantitative estimate of drug-likeness (QED) is 0.231. The molecule has 0 fully saturated rings. The van der Waals surface area contributed by atoms with Gasteiger partial charge in [-0.05, 0) is 35.0 Å². The first-order chi connectivity index (χ1) is 13.9. The van der Waals surface area contributed by atoms with E-state index in [4.69, 9.17) is 9.47 Å². The number of alkyl halides is 5. The summed E-state index contributed by atoms with van der Waals surface area (Å²) < 4.78 is 75.8. The molecule has 164 valence electrons. The molecule has 0 aliphatic heterocycles. The number of halogens is 5. The molecule has 5 nitrogen and oxygen atoms in total. The largest absolute Gasteiger partial charge is 1.00 e. The summed E-state index contributed by atoms with van der Waals surface area (Å²) in [5.74, 6) is -5.88. The Morgan fingerprint density at radius 3 is 2.06 bits per heavy atom. The van der Waals surface area contributed by atoms with E-state index in [1.54, 1.807) is 31.2 Å². The summed E-state index contributed by atoms with van der Waals surface area (Å²) >= 11 is 0. The van der Waals surface area contributed by atoms with Gasteiger partial charge in [0.1, 0.15) is 11.5 Å². The van der Waals surface area contributed by atoms with Crippen LogP contribution in [0, 0.1) is 5.92 Å².